The van der Waals surface area contributed by atoms with Crippen molar-refractivity contribution in [3.63, 3.8) is 0 Å². The molecule has 0 amide bonds. The number of nitrogens with two attached hydrogens (primary N) is 1. The first kappa shape index (κ1) is 45.5. The van der Waals surface area contributed by atoms with Gasteiger partial charge >= 0.3 is 0 Å². The molecule has 12 heteroatoms. The summed E-state index contributed by atoms with van der Waals surface area (Å²) in [5, 5.41) is 33.3. The number of aliphatic hydroxyl groups excluding tert-OH is 3. The minimum Gasteiger partial charge on any atom is -0.399 e. The molecule has 0 saturated heterocycles. The first-order valence-corrected chi connectivity index (χ1v) is 22.0. The Kier molecular flexibility index (Phi) is 14.8. The summed E-state index contributed by atoms with van der Waals surface area (Å²) in [6.07, 6.45) is 1.91. The molecule has 322 valence electrons. The highest BCUT2D eigenvalue weighted by Crippen LogP contribution is 2.33. The van der Waals surface area contributed by atoms with Gasteiger partial charge in [-0.15, -0.1) is 0 Å². The normalized spacial score (nSPS) is 12.1. The van der Waals surface area contributed by atoms with Crippen LogP contribution in [-0.4, -0.2) is 58.3 Å². The monoisotopic (exact) mass is 979 g/mol. The number of fused-ring (bicyclic) bond motifs is 4. The highest BCUT2D eigenvalue weighted by atomic mass is 79.9. The van der Waals surface area contributed by atoms with Gasteiger partial charge in [0.2, 0.25) is 0 Å². The van der Waals surface area contributed by atoms with Crippen LogP contribution in [0.5, 0.6) is 0 Å². The van der Waals surface area contributed by atoms with Crippen molar-refractivity contribution < 1.29 is 34.5 Å². The molecular weight excluding hydrogens is 938 g/mol. The molecule has 0 unspecified atom stereocenters. The third kappa shape index (κ3) is 10.6. The van der Waals surface area contributed by atoms with Gasteiger partial charge in [-0.3, -0.25) is 19.2 Å². The van der Waals surface area contributed by atoms with Crippen molar-refractivity contribution in [1.82, 2.24) is 0 Å². The van der Waals surface area contributed by atoms with E-state index >= 15 is 0 Å². The van der Waals surface area contributed by atoms with Gasteiger partial charge in [-0.05, 0) is 145 Å². The Hall–Kier alpha value is -6.54. The molecule has 0 saturated carbocycles. The van der Waals surface area contributed by atoms with Crippen molar-refractivity contribution in [2.24, 2.45) is 0 Å². The first-order valence-electron chi connectivity index (χ1n) is 20.4. The lowest BCUT2D eigenvalue weighted by Gasteiger charge is -2.20. The lowest BCUT2D eigenvalue weighted by molar-refractivity contribution is 0.0979. The van der Waals surface area contributed by atoms with Crippen molar-refractivity contribution >= 4 is 83.4 Å². The number of carbonyl (C=O) groups excluding carboxylic acids is 4. The number of hydrogen-bond donors (Lipinski definition) is 6. The summed E-state index contributed by atoms with van der Waals surface area (Å²) in [6.45, 7) is 0.399. The molecule has 0 heterocycles. The number of carbonyl (C=O) groups is 4. The zero-order valence-corrected chi connectivity index (χ0v) is 37.6. The lowest BCUT2D eigenvalue weighted by Crippen LogP contribution is -2.21. The summed E-state index contributed by atoms with van der Waals surface area (Å²) in [5.41, 5.74) is 16.0. The summed E-state index contributed by atoms with van der Waals surface area (Å²) >= 11 is 6.64. The maximum absolute atomic E-state index is 13.4. The zero-order valence-electron chi connectivity index (χ0n) is 34.4. The van der Waals surface area contributed by atoms with Crippen molar-refractivity contribution in [2.75, 3.05) is 36.2 Å². The Morgan fingerprint density at radius 3 is 0.984 bits per heavy atom. The van der Waals surface area contributed by atoms with Crippen LogP contribution in [0.2, 0.25) is 0 Å². The smallest absolute Gasteiger partial charge is 0.194 e. The van der Waals surface area contributed by atoms with Gasteiger partial charge in [-0.25, -0.2) is 0 Å². The van der Waals surface area contributed by atoms with E-state index in [2.05, 4.69) is 42.5 Å². The van der Waals surface area contributed by atoms with E-state index < -0.39 is 0 Å². The number of halogens is 2. The van der Waals surface area contributed by atoms with E-state index in [1.165, 1.54) is 0 Å². The summed E-state index contributed by atoms with van der Waals surface area (Å²) in [4.78, 5) is 51.3. The topological polar surface area (TPSA) is 179 Å². The standard InChI is InChI=1S/C30H26N2O4.C14H6Br2O2.C8H11NO/c33-15-13-19-1-5-21(6-2-19)31-23-9-11-25-27(17-23)30(36)28-18-24(10-12-26(28)29(25)35)32-22-7-3-20(4-8-22)14-16-34;15-7-1-3-9-11(5-7)14(18)12-6-8(16)2-4-10(12)13(9)17;9-8-3-1-7(2-4-8)5-6-10/h1-12,17-18,31-34H,13-16H2;1-6H;1-4,10H,5-6,9H2. The molecule has 0 radical (unpaired) electrons. The van der Waals surface area contributed by atoms with Crippen LogP contribution in [0.25, 0.3) is 0 Å². The number of nitrogens with one attached hydrogen (secondary N) is 2. The molecule has 7 aromatic carbocycles. The molecule has 0 spiro atoms. The average Bonchev–Trinajstić information content (AvgIpc) is 3.30. The minimum absolute atomic E-state index is 0.0976. The number of nitrogen functional groups attached to an aromatic ring is 1. The van der Waals surface area contributed by atoms with Crippen LogP contribution in [0.1, 0.15) is 80.4 Å². The van der Waals surface area contributed by atoms with Crippen molar-refractivity contribution in [1.29, 1.82) is 0 Å². The summed E-state index contributed by atoms with van der Waals surface area (Å²) in [7, 11) is 0. The Labute approximate surface area is 387 Å². The quantitative estimate of drug-likeness (QED) is 0.0723. The highest BCUT2D eigenvalue weighted by Gasteiger charge is 2.31. The summed E-state index contributed by atoms with van der Waals surface area (Å²) in [5.74, 6) is -0.565. The highest BCUT2D eigenvalue weighted by molar-refractivity contribution is 9.10. The van der Waals surface area contributed by atoms with Gasteiger partial charge in [0.05, 0.1) is 0 Å². The molecule has 0 aliphatic heterocycles. The maximum atomic E-state index is 13.4. The van der Waals surface area contributed by atoms with Gasteiger partial charge in [0.15, 0.2) is 23.1 Å². The van der Waals surface area contributed by atoms with Gasteiger partial charge in [0.1, 0.15) is 0 Å². The van der Waals surface area contributed by atoms with E-state index in [1.54, 1.807) is 72.8 Å². The molecule has 0 fully saturated rings. The first-order chi connectivity index (χ1) is 31.0. The van der Waals surface area contributed by atoms with E-state index in [0.717, 1.165) is 42.7 Å². The van der Waals surface area contributed by atoms with Crippen LogP contribution in [0.4, 0.5) is 28.4 Å². The average molecular weight is 982 g/mol. The molecule has 64 heavy (non-hydrogen) atoms. The van der Waals surface area contributed by atoms with Gasteiger partial charge in [0.25, 0.3) is 0 Å². The second-order valence-corrected chi connectivity index (χ2v) is 16.9. The molecule has 0 bridgehead atoms. The van der Waals surface area contributed by atoms with E-state index in [1.807, 2.05) is 72.8 Å². The molecule has 2 aliphatic rings. The van der Waals surface area contributed by atoms with Gasteiger partial charge in [0, 0.05) is 102 Å². The summed E-state index contributed by atoms with van der Waals surface area (Å²) in [6, 6.07) is 43.7. The number of anilines is 5. The van der Waals surface area contributed by atoms with Crippen molar-refractivity contribution in [3.05, 3.63) is 216 Å². The fraction of sp³-hybridized carbons (Fsp3) is 0.115. The number of hydrogen-bond acceptors (Lipinski definition) is 10. The minimum atomic E-state index is -0.191. The number of benzene rings is 7. The van der Waals surface area contributed by atoms with Crippen LogP contribution in [0, 0.1) is 0 Å². The molecule has 0 atom stereocenters. The number of rotatable bonds is 10. The largest absolute Gasteiger partial charge is 0.399 e. The molecule has 2 aliphatic carbocycles. The van der Waals surface area contributed by atoms with Gasteiger partial charge < -0.3 is 31.7 Å². The SMILES string of the molecule is Nc1ccc(CCO)cc1.O=C1c2ccc(Br)cc2C(=O)c2cc(Br)ccc21.O=C1c2ccc(Nc3ccc(CCO)cc3)cc2C(=O)c2cc(Nc3ccc(CCO)cc3)ccc21. The maximum Gasteiger partial charge on any atom is 0.194 e. The molecule has 7 N–H and O–H groups in total. The Bertz CT molecular complexity index is 2700. The van der Waals surface area contributed by atoms with Gasteiger partial charge in [-0.2, -0.15) is 0 Å². The Morgan fingerprint density at radius 2 is 0.641 bits per heavy atom. The van der Waals surface area contributed by atoms with Crippen LogP contribution < -0.4 is 16.4 Å². The van der Waals surface area contributed by atoms with Crippen LogP contribution in [0.15, 0.2) is 155 Å². The summed E-state index contributed by atoms with van der Waals surface area (Å²) < 4.78 is 1.58. The molecular formula is C52H43Br2N3O7. The van der Waals surface area contributed by atoms with Crippen LogP contribution in [-0.2, 0) is 19.3 Å². The Balaban J connectivity index is 0.000000179. The fourth-order valence-corrected chi connectivity index (χ4v) is 8.04. The molecule has 10 nitrogen and oxygen atoms in total. The number of aliphatic hydroxyl groups is 3. The van der Waals surface area contributed by atoms with Crippen LogP contribution >= 0.6 is 31.9 Å². The third-order valence-electron chi connectivity index (χ3n) is 10.6. The van der Waals surface area contributed by atoms with E-state index in [-0.39, 0.29) is 43.0 Å². The third-order valence-corrected chi connectivity index (χ3v) is 11.6. The van der Waals surface area contributed by atoms with Crippen LogP contribution in [0.3, 0.4) is 0 Å². The van der Waals surface area contributed by atoms with Gasteiger partial charge in [-0.1, -0.05) is 68.3 Å². The Morgan fingerprint density at radius 1 is 0.359 bits per heavy atom. The number of ketones is 4. The molecule has 0 aromatic heterocycles. The van der Waals surface area contributed by atoms with Crippen molar-refractivity contribution in [2.45, 2.75) is 19.3 Å². The predicted octanol–water partition coefficient (Wildman–Crippen LogP) is 9.81. The second kappa shape index (κ2) is 20.8. The molecule has 7 aromatic rings. The predicted molar refractivity (Wildman–Crippen MR) is 258 cm³/mol. The van der Waals surface area contributed by atoms with E-state index in [4.69, 9.17) is 21.1 Å². The fourth-order valence-electron chi connectivity index (χ4n) is 7.32. The second-order valence-electron chi connectivity index (χ2n) is 15.0. The lowest BCUT2D eigenvalue weighted by atomic mass is 9.83. The van der Waals surface area contributed by atoms with Crippen molar-refractivity contribution in [3.8, 4) is 0 Å². The zero-order chi connectivity index (χ0) is 45.3. The van der Waals surface area contributed by atoms with E-state index in [9.17, 15) is 19.2 Å². The van der Waals surface area contributed by atoms with E-state index in [0.29, 0.717) is 75.1 Å². The molecule has 9 rings (SSSR count).